The average molecular weight is 292 g/mol. The maximum Gasteiger partial charge on any atom is 0.118 e. The summed E-state index contributed by atoms with van der Waals surface area (Å²) in [6.45, 7) is 12.2. The van der Waals surface area contributed by atoms with E-state index < -0.39 is 0 Å². The van der Waals surface area contributed by atoms with E-state index in [1.807, 2.05) is 6.26 Å². The molecule has 0 saturated heterocycles. The second-order valence-corrected chi connectivity index (χ2v) is 6.87. The molecule has 1 aromatic heterocycles. The van der Waals surface area contributed by atoms with Crippen LogP contribution in [0.15, 0.2) is 16.7 Å². The first-order valence-electron chi connectivity index (χ1n) is 8.66. The molecule has 0 aliphatic heterocycles. The van der Waals surface area contributed by atoms with Gasteiger partial charge in [0.1, 0.15) is 5.76 Å². The first-order valence-corrected chi connectivity index (χ1v) is 8.66. The molecule has 0 spiro atoms. The molecule has 1 aromatic rings. The van der Waals surface area contributed by atoms with Crippen LogP contribution in [0.4, 0.5) is 0 Å². The highest BCUT2D eigenvalue weighted by molar-refractivity contribution is 5.13. The van der Waals surface area contributed by atoms with Crippen molar-refractivity contribution < 1.29 is 4.42 Å². The number of hydrogen-bond donors (Lipinski definition) is 1. The third-order valence-electron chi connectivity index (χ3n) is 4.30. The highest BCUT2D eigenvalue weighted by Crippen LogP contribution is 2.21. The molecule has 1 aliphatic carbocycles. The molecule has 1 aliphatic rings. The van der Waals surface area contributed by atoms with Crippen molar-refractivity contribution in [2.75, 3.05) is 6.54 Å². The molecular formula is C18H32N2O. The molecule has 3 heteroatoms. The maximum atomic E-state index is 5.79. The molecule has 1 heterocycles. The topological polar surface area (TPSA) is 28.4 Å². The molecule has 2 rings (SSSR count). The minimum atomic E-state index is 0.658. The van der Waals surface area contributed by atoms with Crippen LogP contribution in [-0.4, -0.2) is 23.5 Å². The van der Waals surface area contributed by atoms with Crippen LogP contribution in [0.5, 0.6) is 0 Å². The van der Waals surface area contributed by atoms with Crippen molar-refractivity contribution in [3.05, 3.63) is 23.7 Å². The zero-order valence-corrected chi connectivity index (χ0v) is 14.2. The fraction of sp³-hybridized carbons (Fsp3) is 0.778. The third kappa shape index (κ3) is 5.48. The minimum Gasteiger partial charge on any atom is -0.468 e. The van der Waals surface area contributed by atoms with Crippen LogP contribution in [0.25, 0.3) is 0 Å². The third-order valence-corrected chi connectivity index (χ3v) is 4.30. The Kier molecular flexibility index (Phi) is 6.31. The molecule has 120 valence electrons. The monoisotopic (exact) mass is 292 g/mol. The second-order valence-electron chi connectivity index (χ2n) is 6.87. The summed E-state index contributed by atoms with van der Waals surface area (Å²) in [6.07, 6.45) is 7.01. The highest BCUT2D eigenvalue weighted by Gasteiger charge is 2.21. The SMILES string of the molecule is CCC(CC)N(Cc1cc(CNC2CC2)co1)CC(C)C. The zero-order valence-electron chi connectivity index (χ0n) is 14.2. The second kappa shape index (κ2) is 8.00. The van der Waals surface area contributed by atoms with E-state index in [1.54, 1.807) is 0 Å². The molecule has 1 fully saturated rings. The first kappa shape index (κ1) is 16.6. The normalized spacial score (nSPS) is 15.6. The van der Waals surface area contributed by atoms with E-state index in [-0.39, 0.29) is 0 Å². The summed E-state index contributed by atoms with van der Waals surface area (Å²) in [4.78, 5) is 2.58. The number of nitrogens with zero attached hydrogens (tertiary/aromatic N) is 1. The predicted octanol–water partition coefficient (Wildman–Crippen LogP) is 4.18. The van der Waals surface area contributed by atoms with Crippen LogP contribution in [0.1, 0.15) is 64.7 Å². The van der Waals surface area contributed by atoms with Gasteiger partial charge in [0.2, 0.25) is 0 Å². The number of nitrogens with one attached hydrogen (secondary N) is 1. The largest absolute Gasteiger partial charge is 0.468 e. The van der Waals surface area contributed by atoms with Gasteiger partial charge >= 0.3 is 0 Å². The van der Waals surface area contributed by atoms with Crippen LogP contribution in [-0.2, 0) is 13.1 Å². The van der Waals surface area contributed by atoms with Gasteiger partial charge in [-0.3, -0.25) is 4.90 Å². The summed E-state index contributed by atoms with van der Waals surface area (Å²) in [5.74, 6) is 1.80. The number of rotatable bonds is 10. The van der Waals surface area contributed by atoms with E-state index in [1.165, 1.54) is 31.2 Å². The van der Waals surface area contributed by atoms with Gasteiger partial charge in [-0.2, -0.15) is 0 Å². The first-order chi connectivity index (χ1) is 10.1. The van der Waals surface area contributed by atoms with Crippen LogP contribution in [0, 0.1) is 5.92 Å². The molecule has 3 nitrogen and oxygen atoms in total. The predicted molar refractivity (Wildman–Crippen MR) is 88.2 cm³/mol. The van der Waals surface area contributed by atoms with E-state index in [2.05, 4.69) is 44.0 Å². The van der Waals surface area contributed by atoms with Gasteiger partial charge in [0.05, 0.1) is 12.8 Å². The fourth-order valence-electron chi connectivity index (χ4n) is 2.97. The Morgan fingerprint density at radius 1 is 1.29 bits per heavy atom. The molecule has 1 N–H and O–H groups in total. The number of furan rings is 1. The molecule has 0 bridgehead atoms. The van der Waals surface area contributed by atoms with Gasteiger partial charge in [-0.15, -0.1) is 0 Å². The van der Waals surface area contributed by atoms with E-state index in [4.69, 9.17) is 4.42 Å². The summed E-state index contributed by atoms with van der Waals surface area (Å²) < 4.78 is 5.79. The molecule has 0 unspecified atom stereocenters. The van der Waals surface area contributed by atoms with Crippen LogP contribution >= 0.6 is 0 Å². The number of hydrogen-bond acceptors (Lipinski definition) is 3. The van der Waals surface area contributed by atoms with E-state index in [0.29, 0.717) is 12.0 Å². The Morgan fingerprint density at radius 2 is 2.00 bits per heavy atom. The van der Waals surface area contributed by atoms with Crippen molar-refractivity contribution >= 4 is 0 Å². The Morgan fingerprint density at radius 3 is 2.57 bits per heavy atom. The van der Waals surface area contributed by atoms with Gasteiger partial charge in [0.15, 0.2) is 0 Å². The van der Waals surface area contributed by atoms with E-state index in [0.717, 1.165) is 31.4 Å². The lowest BCUT2D eigenvalue weighted by atomic mass is 10.1. The molecule has 0 amide bonds. The lowest BCUT2D eigenvalue weighted by Gasteiger charge is -2.31. The Balaban J connectivity index is 1.91. The van der Waals surface area contributed by atoms with Crippen molar-refractivity contribution in [3.8, 4) is 0 Å². The standard InChI is InChI=1S/C18H32N2O/c1-5-17(6-2)20(11-14(3)4)12-18-9-15(13-21-18)10-19-16-7-8-16/h9,13-14,16-17,19H,5-8,10-12H2,1-4H3. The summed E-state index contributed by atoms with van der Waals surface area (Å²) in [5, 5.41) is 3.54. The van der Waals surface area contributed by atoms with Gasteiger partial charge in [-0.05, 0) is 37.7 Å². The minimum absolute atomic E-state index is 0.658. The Bertz CT molecular complexity index is 405. The van der Waals surface area contributed by atoms with Crippen molar-refractivity contribution in [1.29, 1.82) is 0 Å². The van der Waals surface area contributed by atoms with E-state index >= 15 is 0 Å². The average Bonchev–Trinajstić information content (AvgIpc) is 3.17. The molecule has 21 heavy (non-hydrogen) atoms. The quantitative estimate of drug-likeness (QED) is 0.701. The Labute approximate surface area is 130 Å². The maximum absolute atomic E-state index is 5.79. The van der Waals surface area contributed by atoms with Gasteiger partial charge in [-0.25, -0.2) is 0 Å². The van der Waals surface area contributed by atoms with Crippen molar-refractivity contribution in [2.24, 2.45) is 5.92 Å². The summed E-state index contributed by atoms with van der Waals surface area (Å²) >= 11 is 0. The molecule has 0 radical (unpaired) electrons. The molecule has 1 saturated carbocycles. The van der Waals surface area contributed by atoms with Crippen molar-refractivity contribution in [1.82, 2.24) is 10.2 Å². The fourth-order valence-corrected chi connectivity index (χ4v) is 2.97. The van der Waals surface area contributed by atoms with Gasteiger partial charge in [0.25, 0.3) is 0 Å². The van der Waals surface area contributed by atoms with Gasteiger partial charge in [0, 0.05) is 30.7 Å². The van der Waals surface area contributed by atoms with Crippen LogP contribution in [0.2, 0.25) is 0 Å². The van der Waals surface area contributed by atoms with Crippen molar-refractivity contribution in [2.45, 2.75) is 78.6 Å². The highest BCUT2D eigenvalue weighted by atomic mass is 16.3. The van der Waals surface area contributed by atoms with Gasteiger partial charge < -0.3 is 9.73 Å². The van der Waals surface area contributed by atoms with E-state index in [9.17, 15) is 0 Å². The van der Waals surface area contributed by atoms with Crippen LogP contribution in [0.3, 0.4) is 0 Å². The summed E-state index contributed by atoms with van der Waals surface area (Å²) in [6, 6.07) is 3.64. The molecule has 0 aromatic carbocycles. The lowest BCUT2D eigenvalue weighted by Crippen LogP contribution is -2.36. The van der Waals surface area contributed by atoms with Gasteiger partial charge in [-0.1, -0.05) is 27.7 Å². The zero-order chi connectivity index (χ0) is 15.2. The van der Waals surface area contributed by atoms with Crippen molar-refractivity contribution in [3.63, 3.8) is 0 Å². The smallest absolute Gasteiger partial charge is 0.118 e. The molecular weight excluding hydrogens is 260 g/mol. The van der Waals surface area contributed by atoms with Crippen LogP contribution < -0.4 is 5.32 Å². The summed E-state index contributed by atoms with van der Waals surface area (Å²) in [7, 11) is 0. The lowest BCUT2D eigenvalue weighted by molar-refractivity contribution is 0.146. The molecule has 0 atom stereocenters. The Hall–Kier alpha value is -0.800. The summed E-state index contributed by atoms with van der Waals surface area (Å²) in [5.41, 5.74) is 1.28.